The third-order valence-electron chi connectivity index (χ3n) is 4.57. The van der Waals surface area contributed by atoms with E-state index >= 15 is 0 Å². The first-order valence-electron chi connectivity index (χ1n) is 7.78. The van der Waals surface area contributed by atoms with Gasteiger partial charge >= 0.3 is 0 Å². The maximum atomic E-state index is 4.29. The fourth-order valence-electron chi connectivity index (χ4n) is 2.91. The SMILES string of the molecule is CCC1CNC(C(C)(C)C)CN1Cc1cnccc1C. The Morgan fingerprint density at radius 3 is 2.75 bits per heavy atom. The van der Waals surface area contributed by atoms with Gasteiger partial charge in [-0.2, -0.15) is 0 Å². The van der Waals surface area contributed by atoms with Crippen molar-refractivity contribution in [3.63, 3.8) is 0 Å². The molecule has 2 rings (SSSR count). The molecular weight excluding hydrogens is 246 g/mol. The van der Waals surface area contributed by atoms with E-state index in [9.17, 15) is 0 Å². The Morgan fingerprint density at radius 1 is 1.40 bits per heavy atom. The minimum absolute atomic E-state index is 0.306. The molecule has 0 aromatic carbocycles. The van der Waals surface area contributed by atoms with Crippen LogP contribution in [0.4, 0.5) is 0 Å². The number of hydrogen-bond donors (Lipinski definition) is 1. The number of aryl methyl sites for hydroxylation is 1. The smallest absolute Gasteiger partial charge is 0.0315 e. The van der Waals surface area contributed by atoms with Crippen LogP contribution in [0.2, 0.25) is 0 Å². The van der Waals surface area contributed by atoms with Gasteiger partial charge in [-0.3, -0.25) is 9.88 Å². The van der Waals surface area contributed by atoms with Crippen LogP contribution in [0.3, 0.4) is 0 Å². The molecule has 1 aromatic rings. The lowest BCUT2D eigenvalue weighted by Gasteiger charge is -2.45. The van der Waals surface area contributed by atoms with E-state index in [1.54, 1.807) is 0 Å². The Balaban J connectivity index is 2.12. The highest BCUT2D eigenvalue weighted by Crippen LogP contribution is 2.25. The molecule has 1 aliphatic heterocycles. The summed E-state index contributed by atoms with van der Waals surface area (Å²) in [5.74, 6) is 0. The second-order valence-corrected chi connectivity index (χ2v) is 7.12. The molecule has 2 heterocycles. The fourth-order valence-corrected chi connectivity index (χ4v) is 2.91. The summed E-state index contributed by atoms with van der Waals surface area (Å²) in [5.41, 5.74) is 3.02. The highest BCUT2D eigenvalue weighted by atomic mass is 15.2. The van der Waals surface area contributed by atoms with Gasteiger partial charge in [0, 0.05) is 44.1 Å². The van der Waals surface area contributed by atoms with Crippen molar-refractivity contribution < 1.29 is 0 Å². The van der Waals surface area contributed by atoms with Gasteiger partial charge in [-0.15, -0.1) is 0 Å². The standard InChI is InChI=1S/C17H29N3/c1-6-15-10-19-16(17(3,4)5)12-20(15)11-14-9-18-8-7-13(14)2/h7-9,15-16,19H,6,10-12H2,1-5H3. The highest BCUT2D eigenvalue weighted by Gasteiger charge is 2.33. The summed E-state index contributed by atoms with van der Waals surface area (Å²) < 4.78 is 0. The van der Waals surface area contributed by atoms with Crippen molar-refractivity contribution in [1.82, 2.24) is 15.2 Å². The third kappa shape index (κ3) is 3.58. The third-order valence-corrected chi connectivity index (χ3v) is 4.57. The quantitative estimate of drug-likeness (QED) is 0.919. The highest BCUT2D eigenvalue weighted by molar-refractivity contribution is 5.21. The zero-order chi connectivity index (χ0) is 14.8. The molecule has 1 aromatic heterocycles. The minimum Gasteiger partial charge on any atom is -0.311 e. The van der Waals surface area contributed by atoms with E-state index in [4.69, 9.17) is 0 Å². The molecule has 20 heavy (non-hydrogen) atoms. The van der Waals surface area contributed by atoms with Crippen molar-refractivity contribution in [2.24, 2.45) is 5.41 Å². The number of piperazine rings is 1. The van der Waals surface area contributed by atoms with Crippen LogP contribution < -0.4 is 5.32 Å². The second-order valence-electron chi connectivity index (χ2n) is 7.12. The first-order chi connectivity index (χ1) is 9.41. The molecule has 1 saturated heterocycles. The molecule has 0 spiro atoms. The lowest BCUT2D eigenvalue weighted by atomic mass is 9.84. The summed E-state index contributed by atoms with van der Waals surface area (Å²) >= 11 is 0. The van der Waals surface area contributed by atoms with E-state index in [0.717, 1.165) is 19.6 Å². The number of hydrogen-bond acceptors (Lipinski definition) is 3. The monoisotopic (exact) mass is 275 g/mol. The molecule has 0 amide bonds. The summed E-state index contributed by atoms with van der Waals surface area (Å²) in [6.45, 7) is 14.7. The van der Waals surface area contributed by atoms with Gasteiger partial charge in [0.05, 0.1) is 0 Å². The number of nitrogens with zero attached hydrogens (tertiary/aromatic N) is 2. The van der Waals surface area contributed by atoms with Crippen LogP contribution in [0.5, 0.6) is 0 Å². The summed E-state index contributed by atoms with van der Waals surface area (Å²) in [7, 11) is 0. The Labute approximate surface area is 123 Å². The molecule has 1 aliphatic rings. The molecule has 3 nitrogen and oxygen atoms in total. The fraction of sp³-hybridized carbons (Fsp3) is 0.706. The van der Waals surface area contributed by atoms with Crippen LogP contribution in [0.15, 0.2) is 18.5 Å². The number of rotatable bonds is 3. The van der Waals surface area contributed by atoms with Crippen molar-refractivity contribution in [2.45, 2.75) is 59.7 Å². The predicted molar refractivity (Wildman–Crippen MR) is 84.7 cm³/mol. The van der Waals surface area contributed by atoms with Gasteiger partial charge in [0.2, 0.25) is 0 Å². The Bertz CT molecular complexity index is 436. The van der Waals surface area contributed by atoms with Crippen molar-refractivity contribution in [3.05, 3.63) is 29.6 Å². The topological polar surface area (TPSA) is 28.2 Å². The predicted octanol–water partition coefficient (Wildman–Crippen LogP) is 2.99. The molecule has 0 bridgehead atoms. The zero-order valence-electron chi connectivity index (χ0n) is 13.6. The van der Waals surface area contributed by atoms with E-state index < -0.39 is 0 Å². The average Bonchev–Trinajstić information content (AvgIpc) is 2.40. The van der Waals surface area contributed by atoms with Gasteiger partial charge in [-0.25, -0.2) is 0 Å². The summed E-state index contributed by atoms with van der Waals surface area (Å²) in [6.07, 6.45) is 5.10. The lowest BCUT2D eigenvalue weighted by Crippen LogP contribution is -2.59. The molecular formula is C17H29N3. The second kappa shape index (κ2) is 6.23. The molecule has 3 heteroatoms. The van der Waals surface area contributed by atoms with Gasteiger partial charge in [-0.1, -0.05) is 27.7 Å². The molecule has 112 valence electrons. The molecule has 2 atom stereocenters. The van der Waals surface area contributed by atoms with E-state index in [0.29, 0.717) is 17.5 Å². The van der Waals surface area contributed by atoms with Crippen LogP contribution in [0.25, 0.3) is 0 Å². The maximum Gasteiger partial charge on any atom is 0.0315 e. The molecule has 0 radical (unpaired) electrons. The largest absolute Gasteiger partial charge is 0.311 e. The van der Waals surface area contributed by atoms with Crippen LogP contribution in [-0.2, 0) is 6.54 Å². The van der Waals surface area contributed by atoms with Gasteiger partial charge < -0.3 is 5.32 Å². The van der Waals surface area contributed by atoms with E-state index in [1.165, 1.54) is 17.5 Å². The summed E-state index contributed by atoms with van der Waals surface area (Å²) in [4.78, 5) is 6.92. The van der Waals surface area contributed by atoms with Gasteiger partial charge in [0.25, 0.3) is 0 Å². The first kappa shape index (κ1) is 15.5. The van der Waals surface area contributed by atoms with Crippen LogP contribution in [-0.4, -0.2) is 35.1 Å². The minimum atomic E-state index is 0.306. The average molecular weight is 275 g/mol. The van der Waals surface area contributed by atoms with Crippen molar-refractivity contribution >= 4 is 0 Å². The molecule has 1 fully saturated rings. The molecule has 0 aliphatic carbocycles. The van der Waals surface area contributed by atoms with Crippen LogP contribution in [0, 0.1) is 12.3 Å². The number of aromatic nitrogens is 1. The van der Waals surface area contributed by atoms with Crippen molar-refractivity contribution in [2.75, 3.05) is 13.1 Å². The summed E-state index contributed by atoms with van der Waals surface area (Å²) in [6, 6.07) is 3.30. The zero-order valence-corrected chi connectivity index (χ0v) is 13.6. The van der Waals surface area contributed by atoms with Crippen LogP contribution in [0.1, 0.15) is 45.2 Å². The molecule has 0 saturated carbocycles. The van der Waals surface area contributed by atoms with Crippen molar-refractivity contribution in [1.29, 1.82) is 0 Å². The number of nitrogens with one attached hydrogen (secondary N) is 1. The van der Waals surface area contributed by atoms with Gasteiger partial charge in [0.1, 0.15) is 0 Å². The van der Waals surface area contributed by atoms with E-state index in [2.05, 4.69) is 55.9 Å². The van der Waals surface area contributed by atoms with E-state index in [1.807, 2.05) is 12.4 Å². The Hall–Kier alpha value is -0.930. The molecule has 2 unspecified atom stereocenters. The maximum absolute atomic E-state index is 4.29. The summed E-state index contributed by atoms with van der Waals surface area (Å²) in [5, 5.41) is 3.73. The Morgan fingerprint density at radius 2 is 2.15 bits per heavy atom. The first-order valence-corrected chi connectivity index (χ1v) is 7.78. The van der Waals surface area contributed by atoms with Crippen LogP contribution >= 0.6 is 0 Å². The van der Waals surface area contributed by atoms with Crippen molar-refractivity contribution in [3.8, 4) is 0 Å². The normalized spacial score (nSPS) is 24.9. The van der Waals surface area contributed by atoms with Gasteiger partial charge in [-0.05, 0) is 36.0 Å². The van der Waals surface area contributed by atoms with E-state index in [-0.39, 0.29) is 0 Å². The number of pyridine rings is 1. The Kier molecular flexibility index (Phi) is 4.82. The van der Waals surface area contributed by atoms with Gasteiger partial charge in [0.15, 0.2) is 0 Å². The lowest BCUT2D eigenvalue weighted by molar-refractivity contribution is 0.0773. The molecule has 1 N–H and O–H groups in total.